The van der Waals surface area contributed by atoms with E-state index in [1.807, 2.05) is 0 Å². The molecule has 122 valence electrons. The number of anilines is 1. The Morgan fingerprint density at radius 3 is 2.71 bits per heavy atom. The zero-order valence-corrected chi connectivity index (χ0v) is 12.4. The molecule has 0 spiro atoms. The summed E-state index contributed by atoms with van der Waals surface area (Å²) in [6.45, 7) is 0.647. The molecule has 0 atom stereocenters. The monoisotopic (exact) mass is 331 g/mol. The van der Waals surface area contributed by atoms with Crippen molar-refractivity contribution in [2.75, 3.05) is 11.9 Å². The van der Waals surface area contributed by atoms with Gasteiger partial charge in [0.1, 0.15) is 17.2 Å². The third-order valence-electron chi connectivity index (χ3n) is 3.89. The topological polar surface area (TPSA) is 55.6 Å². The van der Waals surface area contributed by atoms with Crippen molar-refractivity contribution in [2.24, 2.45) is 0 Å². The van der Waals surface area contributed by atoms with E-state index in [-0.39, 0.29) is 5.69 Å². The van der Waals surface area contributed by atoms with Crippen molar-refractivity contribution in [1.82, 2.24) is 19.7 Å². The van der Waals surface area contributed by atoms with Crippen LogP contribution in [0.2, 0.25) is 0 Å². The van der Waals surface area contributed by atoms with E-state index in [2.05, 4.69) is 20.4 Å². The summed E-state index contributed by atoms with van der Waals surface area (Å²) < 4.78 is 41.3. The first-order chi connectivity index (χ1) is 11.6. The predicted octanol–water partition coefficient (Wildman–Crippen LogP) is 3.32. The first-order valence-electron chi connectivity index (χ1n) is 7.34. The lowest BCUT2D eigenvalue weighted by Crippen LogP contribution is -2.13. The van der Waals surface area contributed by atoms with Crippen molar-refractivity contribution in [2.45, 2.75) is 12.6 Å². The van der Waals surface area contributed by atoms with Gasteiger partial charge < -0.3 is 5.32 Å². The fourth-order valence-corrected chi connectivity index (χ4v) is 2.87. The summed E-state index contributed by atoms with van der Waals surface area (Å²) in [4.78, 5) is 8.23. The van der Waals surface area contributed by atoms with Crippen molar-refractivity contribution in [3.8, 4) is 17.1 Å². The van der Waals surface area contributed by atoms with Gasteiger partial charge >= 0.3 is 6.18 Å². The molecule has 0 saturated carbocycles. The number of nitrogens with zero attached hydrogens (tertiary/aromatic N) is 4. The molecule has 0 unspecified atom stereocenters. The van der Waals surface area contributed by atoms with Crippen molar-refractivity contribution in [3.63, 3.8) is 0 Å². The SMILES string of the molecule is FC(F)(F)c1ccccc1-n1nc(-c2cnccn2)c2c1NCC2. The zero-order chi connectivity index (χ0) is 16.7. The van der Waals surface area contributed by atoms with Crippen molar-refractivity contribution in [3.05, 3.63) is 54.0 Å². The smallest absolute Gasteiger partial charge is 0.369 e. The number of alkyl halides is 3. The molecule has 3 aromatic rings. The maximum absolute atomic E-state index is 13.3. The second-order valence-electron chi connectivity index (χ2n) is 5.37. The summed E-state index contributed by atoms with van der Waals surface area (Å²) in [6.07, 6.45) is 0.849. The molecule has 1 N–H and O–H groups in total. The van der Waals surface area contributed by atoms with Crippen LogP contribution in [0.3, 0.4) is 0 Å². The standard InChI is InChI=1S/C16H12F3N5/c17-16(18,19)11-3-1-2-4-13(11)24-15-10(5-6-22-15)14(23-24)12-9-20-7-8-21-12/h1-4,7-9,22H,5-6H2. The molecule has 0 saturated heterocycles. The minimum Gasteiger partial charge on any atom is -0.369 e. The Bertz CT molecular complexity index is 886. The second kappa shape index (κ2) is 5.33. The Hall–Kier alpha value is -2.90. The molecule has 1 aliphatic rings. The molecule has 8 heteroatoms. The number of rotatable bonds is 2. The minimum absolute atomic E-state index is 0.00853. The Morgan fingerprint density at radius 1 is 1.12 bits per heavy atom. The molecule has 3 heterocycles. The number of fused-ring (bicyclic) bond motifs is 1. The molecule has 0 amide bonds. The predicted molar refractivity (Wildman–Crippen MR) is 81.8 cm³/mol. The van der Waals surface area contributed by atoms with Gasteiger partial charge in [-0.3, -0.25) is 9.97 Å². The van der Waals surface area contributed by atoms with E-state index >= 15 is 0 Å². The third kappa shape index (κ3) is 2.31. The molecule has 0 fully saturated rings. The Balaban J connectivity index is 1.93. The number of hydrogen-bond acceptors (Lipinski definition) is 4. The minimum atomic E-state index is -4.46. The van der Waals surface area contributed by atoms with Crippen molar-refractivity contribution in [1.29, 1.82) is 0 Å². The Kier molecular flexibility index (Phi) is 3.26. The molecule has 0 bridgehead atoms. The van der Waals surface area contributed by atoms with Gasteiger partial charge in [-0.15, -0.1) is 0 Å². The second-order valence-corrected chi connectivity index (χ2v) is 5.37. The van der Waals surface area contributed by atoms with Crippen molar-refractivity contribution >= 4 is 5.82 Å². The fraction of sp³-hybridized carbons (Fsp3) is 0.188. The summed E-state index contributed by atoms with van der Waals surface area (Å²) in [6, 6.07) is 5.40. The van der Waals surface area contributed by atoms with Crippen LogP contribution in [-0.4, -0.2) is 26.3 Å². The van der Waals surface area contributed by atoms with Crippen LogP contribution in [0.15, 0.2) is 42.9 Å². The van der Waals surface area contributed by atoms with E-state index in [1.54, 1.807) is 12.3 Å². The average Bonchev–Trinajstić information content (AvgIpc) is 3.17. The molecule has 24 heavy (non-hydrogen) atoms. The number of aromatic nitrogens is 4. The van der Waals surface area contributed by atoms with Gasteiger partial charge in [-0.25, -0.2) is 4.68 Å². The lowest BCUT2D eigenvalue weighted by Gasteiger charge is -2.14. The van der Waals surface area contributed by atoms with Gasteiger partial charge in [0.05, 0.1) is 17.4 Å². The van der Waals surface area contributed by atoms with Gasteiger partial charge in [-0.05, 0) is 18.6 Å². The molecule has 0 radical (unpaired) electrons. The summed E-state index contributed by atoms with van der Waals surface area (Å²) in [5.74, 6) is 0.576. The molecule has 5 nitrogen and oxygen atoms in total. The molecular weight excluding hydrogens is 319 g/mol. The molecule has 1 aliphatic heterocycles. The van der Waals surface area contributed by atoms with Gasteiger partial charge in [0.2, 0.25) is 0 Å². The fourth-order valence-electron chi connectivity index (χ4n) is 2.87. The molecule has 4 rings (SSSR count). The highest BCUT2D eigenvalue weighted by Crippen LogP contribution is 2.38. The molecule has 1 aromatic carbocycles. The summed E-state index contributed by atoms with van der Waals surface area (Å²) in [7, 11) is 0. The van der Waals surface area contributed by atoms with Crippen LogP contribution in [0.5, 0.6) is 0 Å². The maximum atomic E-state index is 13.3. The van der Waals surface area contributed by atoms with Crippen LogP contribution >= 0.6 is 0 Å². The van der Waals surface area contributed by atoms with Crippen LogP contribution in [0.1, 0.15) is 11.1 Å². The van der Waals surface area contributed by atoms with Crippen molar-refractivity contribution < 1.29 is 13.2 Å². The van der Waals surface area contributed by atoms with E-state index in [0.29, 0.717) is 30.2 Å². The highest BCUT2D eigenvalue weighted by atomic mass is 19.4. The first kappa shape index (κ1) is 14.7. The van der Waals surface area contributed by atoms with Gasteiger partial charge in [-0.1, -0.05) is 12.1 Å². The maximum Gasteiger partial charge on any atom is 0.418 e. The van der Waals surface area contributed by atoms with E-state index in [9.17, 15) is 13.2 Å². The largest absolute Gasteiger partial charge is 0.418 e. The van der Waals surface area contributed by atoms with E-state index in [4.69, 9.17) is 0 Å². The summed E-state index contributed by atoms with van der Waals surface area (Å²) in [5.41, 5.74) is 1.22. The van der Waals surface area contributed by atoms with Gasteiger partial charge in [-0.2, -0.15) is 18.3 Å². The first-order valence-corrected chi connectivity index (χ1v) is 7.34. The number of benzene rings is 1. The molecular formula is C16H12F3N5. The highest BCUT2D eigenvalue weighted by molar-refractivity contribution is 5.70. The van der Waals surface area contributed by atoms with Gasteiger partial charge in [0.15, 0.2) is 0 Å². The van der Waals surface area contributed by atoms with E-state index in [0.717, 1.165) is 11.6 Å². The van der Waals surface area contributed by atoms with Crippen LogP contribution in [0.4, 0.5) is 19.0 Å². The summed E-state index contributed by atoms with van der Waals surface area (Å²) >= 11 is 0. The van der Waals surface area contributed by atoms with Crippen LogP contribution < -0.4 is 5.32 Å². The average molecular weight is 331 g/mol. The van der Waals surface area contributed by atoms with Crippen LogP contribution in [0.25, 0.3) is 17.1 Å². The molecule has 0 aliphatic carbocycles. The molecule has 2 aromatic heterocycles. The van der Waals surface area contributed by atoms with Gasteiger partial charge in [0, 0.05) is 24.5 Å². The quantitative estimate of drug-likeness (QED) is 0.783. The number of hydrogen-bond donors (Lipinski definition) is 1. The van der Waals surface area contributed by atoms with E-state index in [1.165, 1.54) is 29.2 Å². The normalized spacial score (nSPS) is 13.6. The lowest BCUT2D eigenvalue weighted by molar-refractivity contribution is -0.137. The van der Waals surface area contributed by atoms with Crippen LogP contribution in [-0.2, 0) is 12.6 Å². The number of halogens is 3. The number of nitrogens with one attached hydrogen (secondary N) is 1. The number of para-hydroxylation sites is 1. The van der Waals surface area contributed by atoms with Gasteiger partial charge in [0.25, 0.3) is 0 Å². The van der Waals surface area contributed by atoms with E-state index < -0.39 is 11.7 Å². The Morgan fingerprint density at radius 2 is 1.96 bits per heavy atom. The van der Waals surface area contributed by atoms with Crippen LogP contribution in [0, 0.1) is 0 Å². The highest BCUT2D eigenvalue weighted by Gasteiger charge is 2.35. The third-order valence-corrected chi connectivity index (χ3v) is 3.89. The summed E-state index contributed by atoms with van der Waals surface area (Å²) in [5, 5.41) is 7.52. The zero-order valence-electron chi connectivity index (χ0n) is 12.4. The lowest BCUT2D eigenvalue weighted by atomic mass is 10.1. The Labute approximate surface area is 135 Å².